The summed E-state index contributed by atoms with van der Waals surface area (Å²) in [5.74, 6) is 0. The van der Waals surface area contributed by atoms with Crippen LogP contribution >= 0.6 is 11.6 Å². The van der Waals surface area contributed by atoms with E-state index in [-0.39, 0.29) is 0 Å². The van der Waals surface area contributed by atoms with Gasteiger partial charge in [0.05, 0.1) is 11.9 Å². The second-order valence-corrected chi connectivity index (χ2v) is 4.28. The van der Waals surface area contributed by atoms with Crippen LogP contribution in [0, 0.1) is 0 Å². The van der Waals surface area contributed by atoms with Crippen molar-refractivity contribution in [3.05, 3.63) is 23.5 Å². The molecule has 1 fully saturated rings. The minimum Gasteiger partial charge on any atom is -0.381 e. The predicted octanol–water partition coefficient (Wildman–Crippen LogP) is 2.29. The van der Waals surface area contributed by atoms with E-state index in [1.54, 1.807) is 6.20 Å². The van der Waals surface area contributed by atoms with Crippen molar-refractivity contribution in [1.82, 2.24) is 10.3 Å². The molecule has 1 aliphatic heterocycles. The van der Waals surface area contributed by atoms with E-state index in [2.05, 4.69) is 15.6 Å². The normalized spacial score (nSPS) is 22.1. The fourth-order valence-electron chi connectivity index (χ4n) is 1.86. The Labute approximate surface area is 95.2 Å². The van der Waals surface area contributed by atoms with Gasteiger partial charge in [0.25, 0.3) is 0 Å². The number of anilines is 1. The fraction of sp³-hybridized carbons (Fsp3) is 0.545. The number of hydrogen-bond acceptors (Lipinski definition) is 3. The summed E-state index contributed by atoms with van der Waals surface area (Å²) < 4.78 is 0. The molecule has 3 nitrogen and oxygen atoms in total. The number of aromatic nitrogens is 1. The lowest BCUT2D eigenvalue weighted by Gasteiger charge is -2.16. The topological polar surface area (TPSA) is 37.0 Å². The van der Waals surface area contributed by atoms with Gasteiger partial charge >= 0.3 is 0 Å². The van der Waals surface area contributed by atoms with Gasteiger partial charge in [-0.3, -0.25) is 0 Å². The minimum atomic E-state index is 0.545. The fourth-order valence-corrected chi connectivity index (χ4v) is 1.97. The molecule has 15 heavy (non-hydrogen) atoms. The highest BCUT2D eigenvalue weighted by atomic mass is 35.5. The van der Waals surface area contributed by atoms with Crippen LogP contribution in [0.3, 0.4) is 0 Å². The lowest BCUT2D eigenvalue weighted by atomic mass is 10.1. The molecule has 1 aromatic heterocycles. The molecule has 1 unspecified atom stereocenters. The number of nitrogens with one attached hydrogen (secondary N) is 2. The summed E-state index contributed by atoms with van der Waals surface area (Å²) >= 11 is 5.73. The first kappa shape index (κ1) is 10.7. The van der Waals surface area contributed by atoms with Crippen LogP contribution in [0.2, 0.25) is 5.15 Å². The molecule has 0 saturated carbocycles. The van der Waals surface area contributed by atoms with Crippen LogP contribution in [0.4, 0.5) is 5.69 Å². The van der Waals surface area contributed by atoms with Crippen LogP contribution in [-0.4, -0.2) is 24.1 Å². The summed E-state index contributed by atoms with van der Waals surface area (Å²) in [6.45, 7) is 2.23. The number of halogens is 1. The Morgan fingerprint density at radius 3 is 3.07 bits per heavy atom. The monoisotopic (exact) mass is 225 g/mol. The molecule has 0 amide bonds. The Kier molecular flexibility index (Phi) is 3.80. The Hall–Kier alpha value is -0.800. The van der Waals surface area contributed by atoms with Crippen LogP contribution in [-0.2, 0) is 0 Å². The maximum absolute atomic E-state index is 5.73. The standard InChI is InChI=1S/C11H16ClN3/c12-11-4-3-10(8-14-11)15-9-2-1-6-13-7-5-9/h3-4,8-9,13,15H,1-2,5-7H2. The van der Waals surface area contributed by atoms with Gasteiger partial charge in [-0.05, 0) is 44.5 Å². The van der Waals surface area contributed by atoms with Gasteiger partial charge in [-0.1, -0.05) is 11.6 Å². The molecule has 1 saturated heterocycles. The SMILES string of the molecule is Clc1ccc(NC2CCCNCC2)cn1. The highest BCUT2D eigenvalue weighted by Gasteiger charge is 2.11. The average molecular weight is 226 g/mol. The van der Waals surface area contributed by atoms with Crippen molar-refractivity contribution in [2.45, 2.75) is 25.3 Å². The maximum Gasteiger partial charge on any atom is 0.129 e. The van der Waals surface area contributed by atoms with Crippen LogP contribution < -0.4 is 10.6 Å². The summed E-state index contributed by atoms with van der Waals surface area (Å²) in [5.41, 5.74) is 1.06. The molecular weight excluding hydrogens is 210 g/mol. The number of hydrogen-bond donors (Lipinski definition) is 2. The van der Waals surface area contributed by atoms with E-state index in [0.29, 0.717) is 11.2 Å². The van der Waals surface area contributed by atoms with Crippen molar-refractivity contribution >= 4 is 17.3 Å². The highest BCUT2D eigenvalue weighted by molar-refractivity contribution is 6.29. The van der Waals surface area contributed by atoms with E-state index in [1.165, 1.54) is 19.3 Å². The quantitative estimate of drug-likeness (QED) is 0.759. The van der Waals surface area contributed by atoms with E-state index in [0.717, 1.165) is 18.8 Å². The van der Waals surface area contributed by atoms with Gasteiger partial charge in [-0.15, -0.1) is 0 Å². The van der Waals surface area contributed by atoms with Gasteiger partial charge in [0.2, 0.25) is 0 Å². The Morgan fingerprint density at radius 2 is 2.27 bits per heavy atom. The molecule has 1 aromatic rings. The van der Waals surface area contributed by atoms with Crippen molar-refractivity contribution in [3.63, 3.8) is 0 Å². The molecule has 0 aliphatic carbocycles. The number of rotatable bonds is 2. The third-order valence-electron chi connectivity index (χ3n) is 2.67. The van der Waals surface area contributed by atoms with Crippen LogP contribution in [0.25, 0.3) is 0 Å². The van der Waals surface area contributed by atoms with Gasteiger partial charge in [0.15, 0.2) is 0 Å². The maximum atomic E-state index is 5.73. The molecule has 1 aliphatic rings. The second-order valence-electron chi connectivity index (χ2n) is 3.89. The van der Waals surface area contributed by atoms with E-state index in [9.17, 15) is 0 Å². The third kappa shape index (κ3) is 3.36. The second kappa shape index (κ2) is 5.33. The van der Waals surface area contributed by atoms with E-state index in [1.807, 2.05) is 12.1 Å². The van der Waals surface area contributed by atoms with E-state index >= 15 is 0 Å². The Balaban J connectivity index is 1.92. The Morgan fingerprint density at radius 1 is 1.33 bits per heavy atom. The minimum absolute atomic E-state index is 0.545. The molecule has 0 radical (unpaired) electrons. The van der Waals surface area contributed by atoms with Crippen molar-refractivity contribution < 1.29 is 0 Å². The van der Waals surface area contributed by atoms with Gasteiger partial charge in [-0.2, -0.15) is 0 Å². The lowest BCUT2D eigenvalue weighted by Crippen LogP contribution is -2.21. The number of nitrogens with zero attached hydrogens (tertiary/aromatic N) is 1. The molecule has 0 spiro atoms. The van der Waals surface area contributed by atoms with Crippen molar-refractivity contribution in [3.8, 4) is 0 Å². The molecule has 2 heterocycles. The van der Waals surface area contributed by atoms with E-state index < -0.39 is 0 Å². The zero-order valence-corrected chi connectivity index (χ0v) is 9.43. The van der Waals surface area contributed by atoms with Crippen LogP contribution in [0.1, 0.15) is 19.3 Å². The summed E-state index contributed by atoms with van der Waals surface area (Å²) in [5, 5.41) is 7.43. The summed E-state index contributed by atoms with van der Waals surface area (Å²) in [6, 6.07) is 4.36. The first-order chi connectivity index (χ1) is 7.34. The highest BCUT2D eigenvalue weighted by Crippen LogP contribution is 2.15. The summed E-state index contributed by atoms with van der Waals surface area (Å²) in [4.78, 5) is 4.06. The predicted molar refractivity (Wildman–Crippen MR) is 63.4 cm³/mol. The first-order valence-corrected chi connectivity index (χ1v) is 5.81. The zero-order valence-electron chi connectivity index (χ0n) is 8.67. The van der Waals surface area contributed by atoms with Crippen molar-refractivity contribution in [2.75, 3.05) is 18.4 Å². The Bertz CT molecular complexity index is 291. The average Bonchev–Trinajstić information content (AvgIpc) is 2.50. The van der Waals surface area contributed by atoms with Crippen molar-refractivity contribution in [1.29, 1.82) is 0 Å². The number of pyridine rings is 1. The third-order valence-corrected chi connectivity index (χ3v) is 2.90. The smallest absolute Gasteiger partial charge is 0.129 e. The molecule has 2 rings (SSSR count). The molecule has 1 atom stereocenters. The van der Waals surface area contributed by atoms with Crippen LogP contribution in [0.15, 0.2) is 18.3 Å². The van der Waals surface area contributed by atoms with Crippen molar-refractivity contribution in [2.24, 2.45) is 0 Å². The molecule has 4 heteroatoms. The molecule has 82 valence electrons. The molecular formula is C11H16ClN3. The van der Waals surface area contributed by atoms with Gasteiger partial charge in [0, 0.05) is 6.04 Å². The zero-order chi connectivity index (χ0) is 10.5. The first-order valence-electron chi connectivity index (χ1n) is 5.43. The van der Waals surface area contributed by atoms with Gasteiger partial charge in [0.1, 0.15) is 5.15 Å². The van der Waals surface area contributed by atoms with Gasteiger partial charge < -0.3 is 10.6 Å². The summed E-state index contributed by atoms with van der Waals surface area (Å²) in [7, 11) is 0. The van der Waals surface area contributed by atoms with Crippen LogP contribution in [0.5, 0.6) is 0 Å². The molecule has 0 bridgehead atoms. The van der Waals surface area contributed by atoms with Gasteiger partial charge in [-0.25, -0.2) is 4.98 Å². The lowest BCUT2D eigenvalue weighted by molar-refractivity contribution is 0.637. The molecule has 0 aromatic carbocycles. The van der Waals surface area contributed by atoms with E-state index in [4.69, 9.17) is 11.6 Å². The molecule has 2 N–H and O–H groups in total. The largest absolute Gasteiger partial charge is 0.381 e. The summed E-state index contributed by atoms with van der Waals surface area (Å²) in [6.07, 6.45) is 5.41.